The Labute approximate surface area is 168 Å². The van der Waals surface area contributed by atoms with E-state index in [1.54, 1.807) is 5.48 Å². The average Bonchev–Trinajstić information content (AvgIpc) is 3.12. The Bertz CT molecular complexity index is 911. The van der Waals surface area contributed by atoms with Gasteiger partial charge in [-0.3, -0.25) is 20.6 Å². The van der Waals surface area contributed by atoms with Gasteiger partial charge in [-0.2, -0.15) is 0 Å². The highest BCUT2D eigenvalue weighted by molar-refractivity contribution is 7.99. The van der Waals surface area contributed by atoms with E-state index in [2.05, 4.69) is 25.3 Å². The molecular weight excluding hydrogens is 437 g/mol. The van der Waals surface area contributed by atoms with Crippen molar-refractivity contribution in [3.8, 4) is 0 Å². The van der Waals surface area contributed by atoms with E-state index in [9.17, 15) is 27.4 Å². The predicted molar refractivity (Wildman–Crippen MR) is 97.7 cm³/mol. The number of benzene rings is 1. The Morgan fingerprint density at radius 3 is 2.83 bits per heavy atom. The van der Waals surface area contributed by atoms with Crippen LogP contribution in [0.5, 0.6) is 0 Å². The molecule has 5 N–H and O–H groups in total. The summed E-state index contributed by atoms with van der Waals surface area (Å²) in [5, 5.41) is 24.2. The summed E-state index contributed by atoms with van der Waals surface area (Å²) < 4.78 is 54.4. The van der Waals surface area contributed by atoms with Gasteiger partial charge >= 0.3 is 0 Å². The number of carbonyl (C=O) groups is 1. The monoisotopic (exact) mass is 452 g/mol. The summed E-state index contributed by atoms with van der Waals surface area (Å²) in [5.41, 5.74) is 0.818. The van der Waals surface area contributed by atoms with Crippen LogP contribution in [-0.4, -0.2) is 49.5 Å². The number of carbonyl (C=O) groups excluding carboxylic acids is 1. The number of halogens is 3. The van der Waals surface area contributed by atoms with Crippen molar-refractivity contribution in [2.24, 2.45) is 10.1 Å². The number of thioether (sulfide) groups is 1. The van der Waals surface area contributed by atoms with E-state index in [0.29, 0.717) is 5.75 Å². The van der Waals surface area contributed by atoms with Gasteiger partial charge in [0.05, 0.1) is 22.2 Å². The van der Waals surface area contributed by atoms with Crippen LogP contribution in [0, 0.1) is 5.82 Å². The summed E-state index contributed by atoms with van der Waals surface area (Å²) in [7, 11) is -1.75. The zero-order valence-corrected chi connectivity index (χ0v) is 16.1. The fourth-order valence-corrected chi connectivity index (χ4v) is 3.08. The fraction of sp³-hybridized carbons (Fsp3) is 0.286. The number of nitrogens with two attached hydrogens (primary N) is 1. The molecule has 0 aliphatic rings. The molecule has 0 saturated carbocycles. The second-order valence-electron chi connectivity index (χ2n) is 5.22. The number of hydroxylamine groups is 1. The Hall–Kier alpha value is -2.49. The molecule has 2 aromatic rings. The number of alkyl halides is 2. The number of hydrogen-bond acceptors (Lipinski definition) is 8. The largest absolute Gasteiger partial charge is 0.354 e. The third-order valence-corrected chi connectivity index (χ3v) is 4.68. The minimum atomic E-state index is -3.04. The van der Waals surface area contributed by atoms with Crippen LogP contribution in [-0.2, 0) is 15.8 Å². The minimum absolute atomic E-state index is 0.0326. The number of amides is 1. The smallest absolute Gasteiger partial charge is 0.266 e. The van der Waals surface area contributed by atoms with Gasteiger partial charge in [0.2, 0.25) is 5.91 Å². The summed E-state index contributed by atoms with van der Waals surface area (Å²) in [6, 6.07) is 2.79. The first kappa shape index (κ1) is 22.8. The van der Waals surface area contributed by atoms with Gasteiger partial charge in [0.1, 0.15) is 11.6 Å². The molecule has 0 aliphatic heterocycles. The molecule has 29 heavy (non-hydrogen) atoms. The van der Waals surface area contributed by atoms with E-state index in [0.717, 1.165) is 30.0 Å². The Balaban J connectivity index is 2.09. The second-order valence-corrected chi connectivity index (χ2v) is 7.35. The minimum Gasteiger partial charge on any atom is -0.354 e. The Morgan fingerprint density at radius 2 is 2.17 bits per heavy atom. The maximum absolute atomic E-state index is 13.4. The van der Waals surface area contributed by atoms with Gasteiger partial charge in [-0.15, -0.1) is 0 Å². The molecule has 1 amide bonds. The van der Waals surface area contributed by atoms with Crippen molar-refractivity contribution in [2.75, 3.05) is 18.1 Å². The van der Waals surface area contributed by atoms with Crippen LogP contribution in [0.3, 0.4) is 0 Å². The average molecular weight is 452 g/mol. The lowest BCUT2D eigenvalue weighted by molar-refractivity contribution is -0.118. The molecule has 15 heteroatoms. The van der Waals surface area contributed by atoms with Crippen molar-refractivity contribution in [3.63, 3.8) is 0 Å². The zero-order chi connectivity index (χ0) is 21.4. The molecule has 1 aromatic carbocycles. The number of hydrogen-bond donors (Lipinski definition) is 4. The number of aromatic nitrogens is 2. The van der Waals surface area contributed by atoms with Crippen molar-refractivity contribution in [1.29, 1.82) is 0 Å². The van der Waals surface area contributed by atoms with Gasteiger partial charge in [-0.25, -0.2) is 27.0 Å². The molecule has 0 aliphatic carbocycles. The predicted octanol–water partition coefficient (Wildman–Crippen LogP) is 1.03. The fourth-order valence-electron chi connectivity index (χ4n) is 1.97. The van der Waals surface area contributed by atoms with Gasteiger partial charge < -0.3 is 5.32 Å². The number of aliphatic imine (C=N–C) groups is 1. The molecule has 0 saturated heterocycles. The summed E-state index contributed by atoms with van der Waals surface area (Å²) in [6.07, 6.45) is -3.04. The lowest BCUT2D eigenvalue weighted by atomic mass is 10.2. The van der Waals surface area contributed by atoms with E-state index >= 15 is 0 Å². The maximum Gasteiger partial charge on any atom is 0.266 e. The highest BCUT2D eigenvalue weighted by atomic mass is 32.2. The van der Waals surface area contributed by atoms with Gasteiger partial charge in [-0.05, 0) is 28.5 Å². The van der Waals surface area contributed by atoms with Crippen molar-refractivity contribution in [3.05, 3.63) is 35.3 Å². The molecule has 1 heterocycles. The molecule has 0 radical (unpaired) electrons. The third-order valence-electron chi connectivity index (χ3n) is 3.18. The number of rotatable bonds is 9. The van der Waals surface area contributed by atoms with Crippen LogP contribution in [0.15, 0.2) is 32.8 Å². The zero-order valence-electron chi connectivity index (χ0n) is 14.5. The van der Waals surface area contributed by atoms with Crippen LogP contribution in [0.25, 0.3) is 0 Å². The summed E-state index contributed by atoms with van der Waals surface area (Å²) in [5.74, 6) is -1.88. The Kier molecular flexibility index (Phi) is 8.56. The first-order valence-electron chi connectivity index (χ1n) is 7.73. The topological polar surface area (TPSA) is 156 Å². The lowest BCUT2D eigenvalue weighted by Gasteiger charge is -2.06. The molecule has 0 spiro atoms. The number of nitrogens with zero attached hydrogens (tertiary/aromatic N) is 3. The highest BCUT2D eigenvalue weighted by Gasteiger charge is 2.18. The molecule has 1 aromatic heterocycles. The van der Waals surface area contributed by atoms with Crippen LogP contribution in [0.2, 0.25) is 0 Å². The van der Waals surface area contributed by atoms with Gasteiger partial charge in [-0.1, -0.05) is 11.8 Å². The number of nitrogens with one attached hydrogen (secondary N) is 2. The molecule has 10 nitrogen and oxygen atoms in total. The van der Waals surface area contributed by atoms with Crippen LogP contribution < -0.4 is 15.9 Å². The van der Waals surface area contributed by atoms with Crippen LogP contribution in [0.4, 0.5) is 18.9 Å². The summed E-state index contributed by atoms with van der Waals surface area (Å²) in [4.78, 5) is 15.3. The highest BCUT2D eigenvalue weighted by Crippen LogP contribution is 2.27. The van der Waals surface area contributed by atoms with Crippen molar-refractivity contribution in [1.82, 2.24) is 21.1 Å². The van der Waals surface area contributed by atoms with E-state index in [1.165, 1.54) is 0 Å². The van der Waals surface area contributed by atoms with E-state index in [4.69, 9.17) is 5.14 Å². The first-order chi connectivity index (χ1) is 13.8. The first-order valence-corrected chi connectivity index (χ1v) is 10.1. The van der Waals surface area contributed by atoms with Gasteiger partial charge in [0, 0.05) is 12.3 Å². The summed E-state index contributed by atoms with van der Waals surface area (Å²) in [6.45, 7) is 0.182. The van der Waals surface area contributed by atoms with Crippen molar-refractivity contribution < 1.29 is 32.0 Å². The van der Waals surface area contributed by atoms with Crippen LogP contribution in [0.1, 0.15) is 17.7 Å². The molecule has 2 rings (SSSR count). The quantitative estimate of drug-likeness (QED) is 0.145. The van der Waals surface area contributed by atoms with E-state index < -0.39 is 34.7 Å². The van der Waals surface area contributed by atoms with Gasteiger partial charge in [0.25, 0.3) is 6.43 Å². The SMILES string of the molecule is NS(=O)CC(=O)NCCSc1nonc1C(=Nc1ccc(F)c(C(F)F)c1)NO. The standard InChI is InChI=1S/C14H15F3N6O4S2/c15-9-2-1-7(5-8(9)12(16)17)20-13(21-25)11-14(23-27-22-11)28-4-3-19-10(24)6-29(18)26/h1-2,5,12,25H,3-4,6,18H2,(H,19,24)(H,20,21). The van der Waals surface area contributed by atoms with E-state index in [-0.39, 0.29) is 34.5 Å². The lowest BCUT2D eigenvalue weighted by Crippen LogP contribution is -2.31. The van der Waals surface area contributed by atoms with Crippen molar-refractivity contribution in [2.45, 2.75) is 11.5 Å². The molecule has 158 valence electrons. The molecule has 1 atom stereocenters. The third kappa shape index (κ3) is 6.81. The Morgan fingerprint density at radius 1 is 1.41 bits per heavy atom. The second kappa shape index (κ2) is 10.9. The molecule has 0 fully saturated rings. The molecule has 1 unspecified atom stereocenters. The maximum atomic E-state index is 13.4. The van der Waals surface area contributed by atoms with Crippen LogP contribution >= 0.6 is 11.8 Å². The molecular formula is C14H15F3N6O4S2. The van der Waals surface area contributed by atoms with E-state index in [1.807, 2.05) is 0 Å². The molecule has 0 bridgehead atoms. The normalized spacial score (nSPS) is 12.8. The number of amidine groups is 1. The van der Waals surface area contributed by atoms with Crippen molar-refractivity contribution >= 4 is 40.2 Å². The van der Waals surface area contributed by atoms with Gasteiger partial charge in [0.15, 0.2) is 16.6 Å². The summed E-state index contributed by atoms with van der Waals surface area (Å²) >= 11 is 1.08.